The Bertz CT molecular complexity index is 731. The molecule has 1 N–H and O–H groups in total. The van der Waals surface area contributed by atoms with Crippen LogP contribution in [0.1, 0.15) is 29.2 Å². The van der Waals surface area contributed by atoms with Crippen LogP contribution in [0, 0.1) is 5.82 Å². The molecule has 0 aliphatic heterocycles. The lowest BCUT2D eigenvalue weighted by atomic mass is 10.1. The highest BCUT2D eigenvalue weighted by molar-refractivity contribution is 7.10. The minimum Gasteiger partial charge on any atom is -0.459 e. The molecule has 20 heavy (non-hydrogen) atoms. The van der Waals surface area contributed by atoms with Gasteiger partial charge in [-0.3, -0.25) is 0 Å². The zero-order valence-electron chi connectivity index (χ0n) is 11.4. The second-order valence-corrected chi connectivity index (χ2v) is 5.66. The van der Waals surface area contributed by atoms with Crippen LogP contribution in [0.3, 0.4) is 0 Å². The molecule has 1 atom stereocenters. The van der Waals surface area contributed by atoms with Gasteiger partial charge in [0.2, 0.25) is 0 Å². The molecule has 0 fully saturated rings. The molecule has 0 saturated carbocycles. The number of furan rings is 1. The molecule has 3 rings (SSSR count). The van der Waals surface area contributed by atoms with E-state index in [2.05, 4.69) is 23.7 Å². The maximum atomic E-state index is 13.3. The average Bonchev–Trinajstić information content (AvgIpc) is 3.05. The second-order valence-electron chi connectivity index (χ2n) is 4.72. The van der Waals surface area contributed by atoms with Crippen molar-refractivity contribution in [3.63, 3.8) is 0 Å². The highest BCUT2D eigenvalue weighted by atomic mass is 32.1. The number of nitrogens with one attached hydrogen (secondary N) is 1. The van der Waals surface area contributed by atoms with E-state index < -0.39 is 0 Å². The first-order valence-electron chi connectivity index (χ1n) is 6.65. The summed E-state index contributed by atoms with van der Waals surface area (Å²) in [4.78, 5) is 1.26. The van der Waals surface area contributed by atoms with Crippen molar-refractivity contribution in [2.75, 3.05) is 7.05 Å². The Morgan fingerprint density at radius 1 is 1.30 bits per heavy atom. The van der Waals surface area contributed by atoms with E-state index in [1.54, 1.807) is 17.4 Å². The standard InChI is InChI=1S/C16H16FNOS/c1-3-10-6-7-20-16(10)15(18-2)14-9-11-8-12(17)4-5-13(11)19-14/h4-9,15,18H,3H2,1-2H3. The molecule has 2 heterocycles. The number of aryl methyl sites for hydroxylation is 1. The van der Waals surface area contributed by atoms with Crippen molar-refractivity contribution in [2.45, 2.75) is 19.4 Å². The summed E-state index contributed by atoms with van der Waals surface area (Å²) in [5.74, 6) is 0.585. The first-order chi connectivity index (χ1) is 9.72. The third-order valence-corrected chi connectivity index (χ3v) is 4.52. The summed E-state index contributed by atoms with van der Waals surface area (Å²) in [6.45, 7) is 2.15. The SMILES string of the molecule is CCc1ccsc1C(NC)c1cc2cc(F)ccc2o1. The number of fused-ring (bicyclic) bond motifs is 1. The van der Waals surface area contributed by atoms with Gasteiger partial charge in [0.05, 0.1) is 0 Å². The molecule has 0 spiro atoms. The van der Waals surface area contributed by atoms with Gasteiger partial charge in [0.1, 0.15) is 23.2 Å². The van der Waals surface area contributed by atoms with Crippen LogP contribution < -0.4 is 5.32 Å². The fourth-order valence-electron chi connectivity index (χ4n) is 2.47. The lowest BCUT2D eigenvalue weighted by Crippen LogP contribution is -2.16. The first kappa shape index (κ1) is 13.3. The van der Waals surface area contributed by atoms with Crippen LogP contribution in [-0.4, -0.2) is 7.05 Å². The van der Waals surface area contributed by atoms with E-state index in [-0.39, 0.29) is 11.9 Å². The molecule has 2 aromatic heterocycles. The number of halogens is 1. The summed E-state index contributed by atoms with van der Waals surface area (Å²) < 4.78 is 19.1. The van der Waals surface area contributed by atoms with E-state index in [4.69, 9.17) is 4.42 Å². The maximum absolute atomic E-state index is 13.3. The normalized spacial score (nSPS) is 12.9. The molecule has 1 unspecified atom stereocenters. The summed E-state index contributed by atoms with van der Waals surface area (Å²) in [6.07, 6.45) is 0.992. The number of thiophene rings is 1. The summed E-state index contributed by atoms with van der Waals surface area (Å²) in [7, 11) is 1.91. The van der Waals surface area contributed by atoms with Gasteiger partial charge in [0, 0.05) is 10.3 Å². The molecule has 2 nitrogen and oxygen atoms in total. The predicted octanol–water partition coefficient (Wildman–Crippen LogP) is 4.50. The van der Waals surface area contributed by atoms with Gasteiger partial charge in [0.15, 0.2) is 0 Å². The molecule has 4 heteroatoms. The van der Waals surface area contributed by atoms with Crippen molar-refractivity contribution in [1.29, 1.82) is 0 Å². The third kappa shape index (κ3) is 2.25. The fourth-order valence-corrected chi connectivity index (χ4v) is 3.59. The van der Waals surface area contributed by atoms with Gasteiger partial charge in [-0.25, -0.2) is 4.39 Å². The van der Waals surface area contributed by atoms with Gasteiger partial charge >= 0.3 is 0 Å². The monoisotopic (exact) mass is 289 g/mol. The van der Waals surface area contributed by atoms with Crippen LogP contribution in [0.2, 0.25) is 0 Å². The number of benzene rings is 1. The molecular formula is C16H16FNOS. The summed E-state index contributed by atoms with van der Waals surface area (Å²) in [5.41, 5.74) is 2.04. The van der Waals surface area contributed by atoms with Crippen LogP contribution >= 0.6 is 11.3 Å². The topological polar surface area (TPSA) is 25.2 Å². The summed E-state index contributed by atoms with van der Waals surface area (Å²) in [5, 5.41) is 6.19. The van der Waals surface area contributed by atoms with Crippen molar-refractivity contribution >= 4 is 22.3 Å². The molecule has 3 aromatic rings. The Hall–Kier alpha value is -1.65. The molecule has 0 radical (unpaired) electrons. The van der Waals surface area contributed by atoms with Gasteiger partial charge in [-0.15, -0.1) is 11.3 Å². The van der Waals surface area contributed by atoms with Crippen LogP contribution in [0.25, 0.3) is 11.0 Å². The fraction of sp³-hybridized carbons (Fsp3) is 0.250. The van der Waals surface area contributed by atoms with Crippen LogP contribution in [-0.2, 0) is 6.42 Å². The Balaban J connectivity index is 2.07. The molecule has 1 aromatic carbocycles. The molecule has 104 valence electrons. The van der Waals surface area contributed by atoms with E-state index in [1.165, 1.54) is 22.6 Å². The molecular weight excluding hydrogens is 273 g/mol. The second kappa shape index (κ2) is 5.38. The van der Waals surface area contributed by atoms with Gasteiger partial charge in [-0.05, 0) is 54.7 Å². The third-order valence-electron chi connectivity index (χ3n) is 3.49. The van der Waals surface area contributed by atoms with Crippen molar-refractivity contribution in [1.82, 2.24) is 5.32 Å². The molecule has 0 aliphatic rings. The Morgan fingerprint density at radius 3 is 2.90 bits per heavy atom. The largest absolute Gasteiger partial charge is 0.459 e. The number of hydrogen-bond donors (Lipinski definition) is 1. The first-order valence-corrected chi connectivity index (χ1v) is 7.53. The summed E-state index contributed by atoms with van der Waals surface area (Å²) in [6, 6.07) is 8.68. The van der Waals surface area contributed by atoms with Crippen molar-refractivity contribution in [2.24, 2.45) is 0 Å². The van der Waals surface area contributed by atoms with Crippen molar-refractivity contribution in [3.05, 3.63) is 57.7 Å². The lowest BCUT2D eigenvalue weighted by molar-refractivity contribution is 0.493. The van der Waals surface area contributed by atoms with Gasteiger partial charge in [-0.2, -0.15) is 0 Å². The predicted molar refractivity (Wildman–Crippen MR) is 80.8 cm³/mol. The minimum atomic E-state index is -0.240. The quantitative estimate of drug-likeness (QED) is 0.764. The number of rotatable bonds is 4. The Labute approximate surface area is 121 Å². The highest BCUT2D eigenvalue weighted by Gasteiger charge is 2.20. The molecule has 0 aliphatic carbocycles. The van der Waals surface area contributed by atoms with Crippen molar-refractivity contribution < 1.29 is 8.81 Å². The van der Waals surface area contributed by atoms with Gasteiger partial charge < -0.3 is 9.73 Å². The van der Waals surface area contributed by atoms with Crippen LogP contribution in [0.5, 0.6) is 0 Å². The van der Waals surface area contributed by atoms with Crippen molar-refractivity contribution in [3.8, 4) is 0 Å². The van der Waals surface area contributed by atoms with E-state index in [1.807, 2.05) is 13.1 Å². The van der Waals surface area contributed by atoms with Crippen LogP contribution in [0.15, 0.2) is 40.1 Å². The smallest absolute Gasteiger partial charge is 0.134 e. The van der Waals surface area contributed by atoms with Crippen LogP contribution in [0.4, 0.5) is 4.39 Å². The zero-order valence-corrected chi connectivity index (χ0v) is 12.3. The average molecular weight is 289 g/mol. The lowest BCUT2D eigenvalue weighted by Gasteiger charge is -2.13. The molecule has 0 saturated heterocycles. The Morgan fingerprint density at radius 2 is 2.15 bits per heavy atom. The molecule has 0 bridgehead atoms. The van der Waals surface area contributed by atoms with E-state index in [0.29, 0.717) is 0 Å². The maximum Gasteiger partial charge on any atom is 0.134 e. The van der Waals surface area contributed by atoms with E-state index in [9.17, 15) is 4.39 Å². The highest BCUT2D eigenvalue weighted by Crippen LogP contribution is 2.33. The van der Waals surface area contributed by atoms with Gasteiger partial charge in [-0.1, -0.05) is 6.92 Å². The summed E-state index contributed by atoms with van der Waals surface area (Å²) >= 11 is 1.72. The van der Waals surface area contributed by atoms with E-state index in [0.717, 1.165) is 23.2 Å². The zero-order chi connectivity index (χ0) is 14.1. The number of hydrogen-bond acceptors (Lipinski definition) is 3. The van der Waals surface area contributed by atoms with Gasteiger partial charge in [0.25, 0.3) is 0 Å². The Kier molecular flexibility index (Phi) is 3.59. The van der Waals surface area contributed by atoms with E-state index >= 15 is 0 Å². The minimum absolute atomic E-state index is 0.0143. The molecule has 0 amide bonds.